The van der Waals surface area contributed by atoms with Crippen LogP contribution in [0.3, 0.4) is 0 Å². The molecule has 2 aliphatic carbocycles. The molecule has 3 heterocycles. The molecule has 3 atom stereocenters. The predicted octanol–water partition coefficient (Wildman–Crippen LogP) is 5.22. The van der Waals surface area contributed by atoms with Gasteiger partial charge in [0.1, 0.15) is 5.75 Å². The Balaban J connectivity index is 1.48. The lowest BCUT2D eigenvalue weighted by atomic mass is 9.81. The first kappa shape index (κ1) is 25.6. The molecule has 2 aromatic carbocycles. The molecule has 8 heteroatoms. The fourth-order valence-electron chi connectivity index (χ4n) is 7.80. The van der Waals surface area contributed by atoms with Crippen LogP contribution in [0.2, 0.25) is 0 Å². The number of hydrogen-bond acceptors (Lipinski definition) is 5. The second-order valence-corrected chi connectivity index (χ2v) is 12.1. The quantitative estimate of drug-likeness (QED) is 0.348. The minimum atomic E-state index is -0.566. The first-order valence-electron chi connectivity index (χ1n) is 14.6. The van der Waals surface area contributed by atoms with E-state index in [1.54, 1.807) is 18.7 Å². The lowest BCUT2D eigenvalue weighted by molar-refractivity contribution is -0.145. The molecular weight excluding hydrogens is 506 g/mol. The second-order valence-electron chi connectivity index (χ2n) is 12.1. The lowest BCUT2D eigenvalue weighted by Crippen LogP contribution is -2.51. The van der Waals surface area contributed by atoms with Gasteiger partial charge in [0.25, 0.3) is 5.91 Å². The number of hydrogen-bond donors (Lipinski definition) is 2. The highest BCUT2D eigenvalue weighted by molar-refractivity contribution is 6.01. The number of fused-ring (bicyclic) bond motifs is 7. The van der Waals surface area contributed by atoms with E-state index in [2.05, 4.69) is 23.6 Å². The van der Waals surface area contributed by atoms with Gasteiger partial charge in [0.05, 0.1) is 37.5 Å². The van der Waals surface area contributed by atoms with Gasteiger partial charge >= 0.3 is 0 Å². The van der Waals surface area contributed by atoms with E-state index in [1.807, 2.05) is 23.1 Å². The molecule has 2 unspecified atom stereocenters. The number of rotatable bonds is 4. The van der Waals surface area contributed by atoms with Crippen LogP contribution in [0.1, 0.15) is 78.8 Å². The van der Waals surface area contributed by atoms with Crippen LogP contribution >= 0.6 is 0 Å². The maximum atomic E-state index is 14.4. The Morgan fingerprint density at radius 2 is 1.95 bits per heavy atom. The number of hydroxylamine groups is 1. The Kier molecular flexibility index (Phi) is 6.16. The van der Waals surface area contributed by atoms with E-state index >= 15 is 0 Å². The Morgan fingerprint density at radius 1 is 1.12 bits per heavy atom. The lowest BCUT2D eigenvalue weighted by Gasteiger charge is -2.36. The number of nitrogens with zero attached hydrogens (tertiary/aromatic N) is 2. The van der Waals surface area contributed by atoms with Gasteiger partial charge in [-0.15, -0.1) is 0 Å². The number of morpholine rings is 1. The first-order chi connectivity index (χ1) is 19.5. The smallest absolute Gasteiger partial charge is 0.274 e. The van der Waals surface area contributed by atoms with Crippen molar-refractivity contribution in [2.45, 2.75) is 69.9 Å². The van der Waals surface area contributed by atoms with Crippen LogP contribution in [0.5, 0.6) is 5.75 Å². The molecule has 2 saturated carbocycles. The highest BCUT2D eigenvalue weighted by Gasteiger charge is 2.64. The molecule has 0 bridgehead atoms. The Labute approximate surface area is 234 Å². The van der Waals surface area contributed by atoms with Crippen LogP contribution in [0, 0.1) is 5.41 Å². The summed E-state index contributed by atoms with van der Waals surface area (Å²) in [4.78, 5) is 29.0. The number of amides is 2. The third kappa shape index (κ3) is 3.79. The van der Waals surface area contributed by atoms with E-state index in [1.165, 1.54) is 36.1 Å². The summed E-state index contributed by atoms with van der Waals surface area (Å²) in [5.74, 6) is 0.976. The molecule has 2 amide bonds. The molecule has 2 N–H and O–H groups in total. The summed E-state index contributed by atoms with van der Waals surface area (Å²) in [6, 6.07) is 12.1. The molecule has 4 aliphatic rings. The monoisotopic (exact) mass is 543 g/mol. The van der Waals surface area contributed by atoms with Gasteiger partial charge in [-0.05, 0) is 73.6 Å². The van der Waals surface area contributed by atoms with Crippen molar-refractivity contribution in [1.29, 1.82) is 0 Å². The number of carbonyl (C=O) groups is 2. The highest BCUT2D eigenvalue weighted by atomic mass is 16.5. The third-order valence-electron chi connectivity index (χ3n) is 9.94. The van der Waals surface area contributed by atoms with E-state index < -0.39 is 11.3 Å². The average molecular weight is 544 g/mol. The van der Waals surface area contributed by atoms with E-state index in [0.29, 0.717) is 37.8 Å². The summed E-state index contributed by atoms with van der Waals surface area (Å²) in [6.07, 6.45) is 6.72. The molecule has 0 spiro atoms. The highest BCUT2D eigenvalue weighted by Crippen LogP contribution is 2.66. The number of ether oxygens (including phenoxy) is 2. The number of aromatic nitrogens is 1. The van der Waals surface area contributed by atoms with Gasteiger partial charge in [-0.2, -0.15) is 0 Å². The summed E-state index contributed by atoms with van der Waals surface area (Å²) in [5, 5.41) is 10.5. The molecule has 3 fully saturated rings. The fourth-order valence-corrected chi connectivity index (χ4v) is 7.80. The number of benzene rings is 2. The maximum absolute atomic E-state index is 14.4. The molecule has 3 aromatic rings. The molecule has 8 nitrogen and oxygen atoms in total. The summed E-state index contributed by atoms with van der Waals surface area (Å²) >= 11 is 0. The zero-order chi connectivity index (χ0) is 27.6. The van der Waals surface area contributed by atoms with Crippen molar-refractivity contribution in [1.82, 2.24) is 14.9 Å². The summed E-state index contributed by atoms with van der Waals surface area (Å²) in [6.45, 7) is 4.34. The number of nitrogens with one attached hydrogen (secondary N) is 1. The summed E-state index contributed by atoms with van der Waals surface area (Å²) < 4.78 is 13.7. The maximum Gasteiger partial charge on any atom is 0.274 e. The van der Waals surface area contributed by atoms with Crippen LogP contribution in [-0.4, -0.2) is 59.4 Å². The van der Waals surface area contributed by atoms with Gasteiger partial charge in [-0.3, -0.25) is 14.8 Å². The molecular formula is C32H37N3O5. The molecule has 2 aliphatic heterocycles. The van der Waals surface area contributed by atoms with Crippen LogP contribution in [-0.2, 0) is 16.1 Å². The van der Waals surface area contributed by atoms with E-state index in [0.717, 1.165) is 41.5 Å². The van der Waals surface area contributed by atoms with Gasteiger partial charge in [0.15, 0.2) is 0 Å². The van der Waals surface area contributed by atoms with Crippen molar-refractivity contribution in [2.24, 2.45) is 5.41 Å². The van der Waals surface area contributed by atoms with Crippen molar-refractivity contribution < 1.29 is 24.3 Å². The van der Waals surface area contributed by atoms with Crippen LogP contribution in [0.15, 0.2) is 36.4 Å². The zero-order valence-electron chi connectivity index (χ0n) is 23.2. The van der Waals surface area contributed by atoms with E-state index in [4.69, 9.17) is 9.47 Å². The molecule has 40 heavy (non-hydrogen) atoms. The number of methoxy groups -OCH3 is 1. The fraction of sp³-hybridized carbons (Fsp3) is 0.500. The zero-order valence-corrected chi connectivity index (χ0v) is 23.2. The standard InChI is InChI=1S/C32H37N3O5/c1-19-17-40-13-12-34(19)31(37)32-16-26(32)25-15-22(39-2)9-11-23(25)29-28(20-6-4-3-5-7-20)24-10-8-21(30(36)33-38)14-27(24)35(29)18-32/h8-11,14-15,19-20,26,38H,3-7,12-13,16-18H2,1-2H3,(H,33,36)/t19-,26?,32?/m1/s1. The average Bonchev–Trinajstić information content (AvgIpc) is 3.67. The molecule has 210 valence electrons. The van der Waals surface area contributed by atoms with Crippen molar-refractivity contribution in [3.8, 4) is 17.0 Å². The molecule has 1 saturated heterocycles. The summed E-state index contributed by atoms with van der Waals surface area (Å²) in [5.41, 5.74) is 7.44. The van der Waals surface area contributed by atoms with Crippen molar-refractivity contribution in [3.63, 3.8) is 0 Å². The van der Waals surface area contributed by atoms with E-state index in [9.17, 15) is 14.8 Å². The van der Waals surface area contributed by atoms with Gasteiger partial charge in [-0.25, -0.2) is 5.48 Å². The van der Waals surface area contributed by atoms with Crippen LogP contribution in [0.25, 0.3) is 22.2 Å². The summed E-state index contributed by atoms with van der Waals surface area (Å²) in [7, 11) is 1.69. The van der Waals surface area contributed by atoms with Gasteiger partial charge in [-0.1, -0.05) is 25.3 Å². The normalized spacial score (nSPS) is 25.9. The second kappa shape index (κ2) is 9.63. The first-order valence-corrected chi connectivity index (χ1v) is 14.6. The topological polar surface area (TPSA) is 93.0 Å². The Morgan fingerprint density at radius 3 is 2.70 bits per heavy atom. The minimum Gasteiger partial charge on any atom is -0.497 e. The van der Waals surface area contributed by atoms with Crippen LogP contribution < -0.4 is 10.2 Å². The van der Waals surface area contributed by atoms with Gasteiger partial charge in [0, 0.05) is 41.0 Å². The van der Waals surface area contributed by atoms with Gasteiger partial charge < -0.3 is 18.9 Å². The predicted molar refractivity (Wildman–Crippen MR) is 151 cm³/mol. The SMILES string of the molecule is COc1ccc2c(c1)C1CC1(C(=O)N1CCOC[C@H]1C)Cn1c-2c(C2CCCCC2)c2ccc(C(=O)NO)cc21. The minimum absolute atomic E-state index is 0.0310. The van der Waals surface area contributed by atoms with E-state index in [-0.39, 0.29) is 17.9 Å². The largest absolute Gasteiger partial charge is 0.497 e. The Bertz CT molecular complexity index is 1510. The van der Waals surface area contributed by atoms with Crippen LogP contribution in [0.4, 0.5) is 0 Å². The molecule has 7 rings (SSSR count). The van der Waals surface area contributed by atoms with Crippen molar-refractivity contribution in [3.05, 3.63) is 53.1 Å². The van der Waals surface area contributed by atoms with Crippen molar-refractivity contribution >= 4 is 22.7 Å². The van der Waals surface area contributed by atoms with Crippen molar-refractivity contribution in [2.75, 3.05) is 26.9 Å². The molecule has 0 radical (unpaired) electrons. The number of carbonyl (C=O) groups excluding carboxylic acids is 2. The third-order valence-corrected chi connectivity index (χ3v) is 9.94. The van der Waals surface area contributed by atoms with Gasteiger partial charge in [0.2, 0.25) is 5.91 Å². The Hall–Kier alpha value is -3.36. The molecule has 1 aromatic heterocycles.